The van der Waals surface area contributed by atoms with Crippen molar-refractivity contribution in [1.82, 2.24) is 9.88 Å². The van der Waals surface area contributed by atoms with Crippen molar-refractivity contribution in [2.75, 3.05) is 31.7 Å². The monoisotopic (exact) mass is 352 g/mol. The zero-order chi connectivity index (χ0) is 18.5. The largest absolute Gasteiger partial charge is 0.378 e. The molecule has 0 radical (unpaired) electrons. The minimum Gasteiger partial charge on any atom is -0.378 e. The number of aromatic nitrogens is 1. The number of pyridine rings is 1. The van der Waals surface area contributed by atoms with Crippen LogP contribution in [0.5, 0.6) is 0 Å². The highest BCUT2D eigenvalue weighted by molar-refractivity contribution is 5.95. The topological polar surface area (TPSA) is 66.8 Å². The number of morpholine rings is 1. The van der Waals surface area contributed by atoms with E-state index >= 15 is 0 Å². The van der Waals surface area contributed by atoms with E-state index in [0.29, 0.717) is 31.9 Å². The second-order valence-corrected chi connectivity index (χ2v) is 6.55. The summed E-state index contributed by atoms with van der Waals surface area (Å²) in [7, 11) is 0. The lowest BCUT2D eigenvalue weighted by molar-refractivity contribution is 0.0303. The molecule has 1 aliphatic heterocycles. The predicted molar refractivity (Wildman–Crippen MR) is 104 cm³/mol. The van der Waals surface area contributed by atoms with Crippen molar-refractivity contribution in [2.24, 2.45) is 5.10 Å². The van der Waals surface area contributed by atoms with Crippen LogP contribution in [0, 0.1) is 6.92 Å². The molecule has 136 valence electrons. The normalized spacial score (nSPS) is 14.0. The molecule has 1 fully saturated rings. The van der Waals surface area contributed by atoms with Gasteiger partial charge in [-0.3, -0.25) is 10.2 Å². The molecule has 1 saturated heterocycles. The van der Waals surface area contributed by atoms with Crippen LogP contribution in [0.15, 0.2) is 41.6 Å². The van der Waals surface area contributed by atoms with Crippen molar-refractivity contribution in [1.29, 1.82) is 0 Å². The van der Waals surface area contributed by atoms with Crippen LogP contribution < -0.4 is 5.43 Å². The molecular formula is C20H24N4O2. The summed E-state index contributed by atoms with van der Waals surface area (Å²) >= 11 is 0. The van der Waals surface area contributed by atoms with Gasteiger partial charge in [-0.05, 0) is 50.1 Å². The van der Waals surface area contributed by atoms with Crippen LogP contribution in [0.3, 0.4) is 0 Å². The zero-order valence-corrected chi connectivity index (χ0v) is 15.5. The number of hydrazone groups is 1. The molecule has 0 saturated carbocycles. The molecule has 6 heteroatoms. The van der Waals surface area contributed by atoms with Gasteiger partial charge >= 0.3 is 0 Å². The maximum atomic E-state index is 12.7. The fourth-order valence-electron chi connectivity index (χ4n) is 2.80. The number of hydrogen-bond acceptors (Lipinski definition) is 5. The molecule has 0 atom stereocenters. The van der Waals surface area contributed by atoms with E-state index in [1.165, 1.54) is 0 Å². The van der Waals surface area contributed by atoms with Crippen LogP contribution in [0.2, 0.25) is 0 Å². The maximum absolute atomic E-state index is 12.7. The third kappa shape index (κ3) is 4.26. The molecule has 1 aliphatic rings. The van der Waals surface area contributed by atoms with Crippen molar-refractivity contribution >= 4 is 17.4 Å². The highest BCUT2D eigenvalue weighted by Crippen LogP contribution is 2.24. The summed E-state index contributed by atoms with van der Waals surface area (Å²) in [6, 6.07) is 9.74. The predicted octanol–water partition coefficient (Wildman–Crippen LogP) is 3.34. The molecule has 0 spiro atoms. The fraction of sp³-hybridized carbons (Fsp3) is 0.350. The molecule has 0 unspecified atom stereocenters. The average Bonchev–Trinajstić information content (AvgIpc) is 2.67. The Hall–Kier alpha value is -2.73. The SMILES string of the molecule is CC(C)=NNc1ncc(-c2cccc(C(=O)N3CCOCC3)c2)cc1C. The second kappa shape index (κ2) is 8.10. The van der Waals surface area contributed by atoms with Crippen LogP contribution in [0.1, 0.15) is 29.8 Å². The maximum Gasteiger partial charge on any atom is 0.254 e. The molecule has 1 amide bonds. The third-order valence-corrected chi connectivity index (χ3v) is 4.20. The van der Waals surface area contributed by atoms with Crippen molar-refractivity contribution in [3.63, 3.8) is 0 Å². The van der Waals surface area contributed by atoms with Gasteiger partial charge in [-0.1, -0.05) is 12.1 Å². The first-order valence-electron chi connectivity index (χ1n) is 8.75. The van der Waals surface area contributed by atoms with Crippen LogP contribution in [-0.4, -0.2) is 47.8 Å². The summed E-state index contributed by atoms with van der Waals surface area (Å²) in [5.74, 6) is 0.779. The van der Waals surface area contributed by atoms with Crippen molar-refractivity contribution in [3.05, 3.63) is 47.7 Å². The van der Waals surface area contributed by atoms with E-state index < -0.39 is 0 Å². The Labute approximate surface area is 153 Å². The molecule has 2 heterocycles. The molecular weight excluding hydrogens is 328 g/mol. The second-order valence-electron chi connectivity index (χ2n) is 6.55. The summed E-state index contributed by atoms with van der Waals surface area (Å²) in [6.07, 6.45) is 1.80. The Balaban J connectivity index is 1.82. The summed E-state index contributed by atoms with van der Waals surface area (Å²) in [5.41, 5.74) is 7.54. The van der Waals surface area contributed by atoms with Crippen molar-refractivity contribution in [2.45, 2.75) is 20.8 Å². The average molecular weight is 352 g/mol. The van der Waals surface area contributed by atoms with Crippen LogP contribution in [-0.2, 0) is 4.74 Å². The Morgan fingerprint density at radius 2 is 1.96 bits per heavy atom. The highest BCUT2D eigenvalue weighted by atomic mass is 16.5. The molecule has 1 N–H and O–H groups in total. The van der Waals surface area contributed by atoms with Crippen LogP contribution in [0.4, 0.5) is 5.82 Å². The van der Waals surface area contributed by atoms with E-state index in [-0.39, 0.29) is 5.91 Å². The van der Waals surface area contributed by atoms with Gasteiger partial charge < -0.3 is 9.64 Å². The smallest absolute Gasteiger partial charge is 0.254 e. The number of carbonyl (C=O) groups is 1. The first kappa shape index (κ1) is 18.1. The van der Waals surface area contributed by atoms with Gasteiger partial charge in [0.25, 0.3) is 5.91 Å². The number of ether oxygens (including phenoxy) is 1. The van der Waals surface area contributed by atoms with Gasteiger partial charge in [-0.2, -0.15) is 5.10 Å². The standard InChI is InChI=1S/C20H24N4O2/c1-14(2)22-23-19-15(3)11-18(13-21-19)16-5-4-6-17(12-16)20(25)24-7-9-26-10-8-24/h4-6,11-13H,7-10H2,1-3H3,(H,21,23). The molecule has 3 rings (SSSR count). The first-order chi connectivity index (χ1) is 12.5. The summed E-state index contributed by atoms with van der Waals surface area (Å²) in [6.45, 7) is 8.32. The minimum absolute atomic E-state index is 0.0471. The summed E-state index contributed by atoms with van der Waals surface area (Å²) < 4.78 is 5.32. The van der Waals surface area contributed by atoms with E-state index in [4.69, 9.17) is 4.74 Å². The van der Waals surface area contributed by atoms with Gasteiger partial charge in [-0.25, -0.2) is 4.98 Å². The number of carbonyl (C=O) groups excluding carboxylic acids is 1. The van der Waals surface area contributed by atoms with Crippen LogP contribution >= 0.6 is 0 Å². The van der Waals surface area contributed by atoms with E-state index in [1.54, 1.807) is 6.20 Å². The van der Waals surface area contributed by atoms with Gasteiger partial charge in [0.2, 0.25) is 0 Å². The minimum atomic E-state index is 0.0471. The van der Waals surface area contributed by atoms with Crippen molar-refractivity contribution < 1.29 is 9.53 Å². The molecule has 1 aromatic heterocycles. The number of nitrogens with one attached hydrogen (secondary N) is 1. The number of rotatable bonds is 4. The van der Waals surface area contributed by atoms with E-state index in [0.717, 1.165) is 28.2 Å². The number of hydrogen-bond donors (Lipinski definition) is 1. The molecule has 26 heavy (non-hydrogen) atoms. The van der Waals surface area contributed by atoms with Gasteiger partial charge in [0, 0.05) is 36.1 Å². The molecule has 0 bridgehead atoms. The van der Waals surface area contributed by atoms with E-state index in [9.17, 15) is 4.79 Å². The molecule has 6 nitrogen and oxygen atoms in total. The number of amides is 1. The lowest BCUT2D eigenvalue weighted by atomic mass is 10.0. The lowest BCUT2D eigenvalue weighted by Gasteiger charge is -2.27. The van der Waals surface area contributed by atoms with E-state index in [2.05, 4.69) is 15.5 Å². The first-order valence-corrected chi connectivity index (χ1v) is 8.75. The van der Waals surface area contributed by atoms with Gasteiger partial charge in [0.1, 0.15) is 5.82 Å². The quantitative estimate of drug-likeness (QED) is 0.677. The van der Waals surface area contributed by atoms with Gasteiger partial charge in [0.05, 0.1) is 13.2 Å². The highest BCUT2D eigenvalue weighted by Gasteiger charge is 2.18. The Morgan fingerprint density at radius 1 is 1.19 bits per heavy atom. The van der Waals surface area contributed by atoms with Gasteiger partial charge in [0.15, 0.2) is 0 Å². The Bertz CT molecular complexity index is 822. The van der Waals surface area contributed by atoms with Crippen molar-refractivity contribution in [3.8, 4) is 11.1 Å². The summed E-state index contributed by atoms with van der Waals surface area (Å²) in [5, 5.41) is 4.19. The Morgan fingerprint density at radius 3 is 2.65 bits per heavy atom. The lowest BCUT2D eigenvalue weighted by Crippen LogP contribution is -2.40. The number of nitrogens with zero attached hydrogens (tertiary/aromatic N) is 3. The fourth-order valence-corrected chi connectivity index (χ4v) is 2.80. The third-order valence-electron chi connectivity index (χ3n) is 4.20. The van der Waals surface area contributed by atoms with E-state index in [1.807, 2.05) is 56.0 Å². The number of benzene rings is 1. The summed E-state index contributed by atoms with van der Waals surface area (Å²) in [4.78, 5) is 19.0. The van der Waals surface area contributed by atoms with Crippen LogP contribution in [0.25, 0.3) is 11.1 Å². The number of aryl methyl sites for hydroxylation is 1. The zero-order valence-electron chi connectivity index (χ0n) is 15.5. The Kier molecular flexibility index (Phi) is 5.63. The molecule has 0 aliphatic carbocycles. The molecule has 1 aromatic carbocycles. The van der Waals surface area contributed by atoms with Gasteiger partial charge in [-0.15, -0.1) is 0 Å². The number of anilines is 1. The molecule has 2 aromatic rings.